The molecule has 0 saturated carbocycles. The third-order valence-electron chi connectivity index (χ3n) is 3.71. The van der Waals surface area contributed by atoms with E-state index >= 15 is 0 Å². The van der Waals surface area contributed by atoms with E-state index in [1.165, 1.54) is 5.56 Å². The summed E-state index contributed by atoms with van der Waals surface area (Å²) in [5.41, 5.74) is 2.29. The molecule has 1 fully saturated rings. The fraction of sp³-hybridized carbons (Fsp3) is 0.562. The summed E-state index contributed by atoms with van der Waals surface area (Å²) in [7, 11) is 1.67. The highest BCUT2D eigenvalue weighted by Gasteiger charge is 2.16. The zero-order chi connectivity index (χ0) is 15.1. The summed E-state index contributed by atoms with van der Waals surface area (Å²) in [6.45, 7) is 1.41. The molecule has 1 aromatic carbocycles. The minimum Gasteiger partial charge on any atom is -0.480 e. The molecule has 1 aliphatic heterocycles. The third kappa shape index (κ3) is 5.12. The van der Waals surface area contributed by atoms with Crippen molar-refractivity contribution in [1.82, 2.24) is 5.32 Å². The molecular formula is C16H23NO4. The number of ether oxygens (including phenoxy) is 2. The van der Waals surface area contributed by atoms with Gasteiger partial charge in [0.15, 0.2) is 6.29 Å². The van der Waals surface area contributed by atoms with E-state index in [2.05, 4.69) is 17.4 Å². The quantitative estimate of drug-likeness (QED) is 0.762. The van der Waals surface area contributed by atoms with Crippen molar-refractivity contribution in [3.63, 3.8) is 0 Å². The van der Waals surface area contributed by atoms with Crippen LogP contribution in [0.1, 0.15) is 24.0 Å². The van der Waals surface area contributed by atoms with Crippen LogP contribution >= 0.6 is 0 Å². The molecule has 5 nitrogen and oxygen atoms in total. The van der Waals surface area contributed by atoms with Crippen molar-refractivity contribution in [3.05, 3.63) is 35.4 Å². The van der Waals surface area contributed by atoms with Gasteiger partial charge in [-0.15, -0.1) is 0 Å². The van der Waals surface area contributed by atoms with E-state index in [0.29, 0.717) is 19.6 Å². The van der Waals surface area contributed by atoms with Crippen molar-refractivity contribution < 1.29 is 19.4 Å². The molecule has 116 valence electrons. The van der Waals surface area contributed by atoms with Crippen LogP contribution in [0.25, 0.3) is 0 Å². The molecule has 0 amide bonds. The second-order valence-electron chi connectivity index (χ2n) is 5.26. The predicted molar refractivity (Wildman–Crippen MR) is 79.3 cm³/mol. The van der Waals surface area contributed by atoms with Gasteiger partial charge in [-0.1, -0.05) is 24.3 Å². The van der Waals surface area contributed by atoms with Crippen LogP contribution < -0.4 is 5.32 Å². The van der Waals surface area contributed by atoms with E-state index in [1.807, 2.05) is 12.1 Å². The van der Waals surface area contributed by atoms with Crippen molar-refractivity contribution in [2.24, 2.45) is 0 Å². The Morgan fingerprint density at radius 3 is 2.48 bits per heavy atom. The van der Waals surface area contributed by atoms with Crippen LogP contribution in [0.15, 0.2) is 24.3 Å². The molecule has 1 aliphatic rings. The van der Waals surface area contributed by atoms with Gasteiger partial charge in [-0.3, -0.25) is 4.79 Å². The minimum absolute atomic E-state index is 0.0313. The smallest absolute Gasteiger partial charge is 0.321 e. The zero-order valence-electron chi connectivity index (χ0n) is 12.4. The summed E-state index contributed by atoms with van der Waals surface area (Å²) in [4.78, 5) is 11.0. The molecule has 0 bridgehead atoms. The Morgan fingerprint density at radius 1 is 1.29 bits per heavy atom. The number of hydrogen-bond acceptors (Lipinski definition) is 4. The van der Waals surface area contributed by atoms with Gasteiger partial charge in [0.1, 0.15) is 6.04 Å². The lowest BCUT2D eigenvalue weighted by atomic mass is 10.0. The minimum atomic E-state index is -0.821. The van der Waals surface area contributed by atoms with Crippen LogP contribution in [-0.4, -0.2) is 43.7 Å². The first-order valence-corrected chi connectivity index (χ1v) is 7.40. The normalized spacial score (nSPS) is 17.0. The second kappa shape index (κ2) is 8.12. The number of rotatable bonds is 8. The van der Waals surface area contributed by atoms with Gasteiger partial charge >= 0.3 is 5.97 Å². The van der Waals surface area contributed by atoms with Crippen molar-refractivity contribution in [3.8, 4) is 0 Å². The Kier molecular flexibility index (Phi) is 6.17. The van der Waals surface area contributed by atoms with Gasteiger partial charge in [-0.2, -0.15) is 0 Å². The average molecular weight is 293 g/mol. The maximum Gasteiger partial charge on any atom is 0.321 e. The first-order valence-electron chi connectivity index (χ1n) is 7.40. The number of carboxylic acid groups (broad SMARTS) is 1. The van der Waals surface area contributed by atoms with Crippen LogP contribution in [-0.2, 0) is 27.1 Å². The molecule has 0 radical (unpaired) electrons. The van der Waals surface area contributed by atoms with Crippen molar-refractivity contribution >= 4 is 5.97 Å². The maximum atomic E-state index is 11.0. The maximum absolute atomic E-state index is 11.0. The molecule has 0 spiro atoms. The summed E-state index contributed by atoms with van der Waals surface area (Å²) in [6.07, 6.45) is 3.39. The number of benzene rings is 1. The molecular weight excluding hydrogens is 270 g/mol. The summed E-state index contributed by atoms with van der Waals surface area (Å²) in [6, 6.07) is 7.61. The molecule has 1 saturated heterocycles. The lowest BCUT2D eigenvalue weighted by Crippen LogP contribution is -2.35. The van der Waals surface area contributed by atoms with Crippen molar-refractivity contribution in [1.29, 1.82) is 0 Å². The number of nitrogens with one attached hydrogen (secondary N) is 1. The van der Waals surface area contributed by atoms with Gasteiger partial charge in [-0.25, -0.2) is 0 Å². The van der Waals surface area contributed by atoms with E-state index in [9.17, 15) is 4.79 Å². The van der Waals surface area contributed by atoms with E-state index in [0.717, 1.165) is 24.8 Å². The topological polar surface area (TPSA) is 67.8 Å². The fourth-order valence-corrected chi connectivity index (χ4v) is 2.44. The van der Waals surface area contributed by atoms with E-state index in [1.54, 1.807) is 7.05 Å². The van der Waals surface area contributed by atoms with E-state index < -0.39 is 12.0 Å². The van der Waals surface area contributed by atoms with Crippen LogP contribution in [0, 0.1) is 0 Å². The summed E-state index contributed by atoms with van der Waals surface area (Å²) >= 11 is 0. The molecule has 1 atom stereocenters. The van der Waals surface area contributed by atoms with Crippen LogP contribution in [0.2, 0.25) is 0 Å². The lowest BCUT2D eigenvalue weighted by Gasteiger charge is -2.12. The van der Waals surface area contributed by atoms with Crippen molar-refractivity contribution in [2.45, 2.75) is 38.0 Å². The Morgan fingerprint density at radius 2 is 1.90 bits per heavy atom. The first kappa shape index (κ1) is 15.9. The molecule has 1 unspecified atom stereocenters. The van der Waals surface area contributed by atoms with Crippen molar-refractivity contribution in [2.75, 3.05) is 20.3 Å². The van der Waals surface area contributed by atoms with Gasteiger partial charge in [0.25, 0.3) is 0 Å². The van der Waals surface area contributed by atoms with Gasteiger partial charge in [0, 0.05) is 0 Å². The largest absolute Gasteiger partial charge is 0.480 e. The molecule has 21 heavy (non-hydrogen) atoms. The number of likely N-dealkylation sites (N-methyl/N-ethyl adjacent to an activating group) is 1. The molecule has 2 N–H and O–H groups in total. The Bertz CT molecular complexity index is 440. The Labute approximate surface area is 125 Å². The van der Waals surface area contributed by atoms with Crippen LogP contribution in [0.4, 0.5) is 0 Å². The number of aryl methyl sites for hydroxylation is 1. The van der Waals surface area contributed by atoms with Gasteiger partial charge in [0.2, 0.25) is 0 Å². The predicted octanol–water partition coefficient (Wildman–Crippen LogP) is 1.60. The van der Waals surface area contributed by atoms with Gasteiger partial charge < -0.3 is 19.9 Å². The Balaban J connectivity index is 1.76. The average Bonchev–Trinajstić information content (AvgIpc) is 2.99. The fourth-order valence-electron chi connectivity index (χ4n) is 2.44. The molecule has 5 heteroatoms. The molecule has 1 heterocycles. The number of carboxylic acids is 1. The summed E-state index contributed by atoms with van der Waals surface area (Å²) in [5, 5.41) is 11.8. The highest BCUT2D eigenvalue weighted by atomic mass is 16.7. The standard InChI is InChI=1S/C16H23NO4/c1-17-14(16(18)19)11-13-7-5-12(6-8-13)3-2-4-15-20-9-10-21-15/h5-8,14-15,17H,2-4,9-11H2,1H3,(H,18,19). The highest BCUT2D eigenvalue weighted by Crippen LogP contribution is 2.14. The van der Waals surface area contributed by atoms with E-state index in [4.69, 9.17) is 14.6 Å². The molecule has 0 aliphatic carbocycles. The highest BCUT2D eigenvalue weighted by molar-refractivity contribution is 5.73. The van der Waals surface area contributed by atoms with Gasteiger partial charge in [-0.05, 0) is 43.9 Å². The summed E-state index contributed by atoms with van der Waals surface area (Å²) in [5.74, 6) is -0.821. The van der Waals surface area contributed by atoms with Crippen LogP contribution in [0.5, 0.6) is 0 Å². The van der Waals surface area contributed by atoms with Gasteiger partial charge in [0.05, 0.1) is 13.2 Å². The number of carbonyl (C=O) groups is 1. The Hall–Kier alpha value is -1.43. The SMILES string of the molecule is CNC(Cc1ccc(CCCC2OCCO2)cc1)C(=O)O. The number of aliphatic carboxylic acids is 1. The van der Waals surface area contributed by atoms with Crippen LogP contribution in [0.3, 0.4) is 0 Å². The number of hydrogen-bond donors (Lipinski definition) is 2. The second-order valence-corrected chi connectivity index (χ2v) is 5.26. The lowest BCUT2D eigenvalue weighted by molar-refractivity contribution is -0.139. The molecule has 0 aromatic heterocycles. The van der Waals surface area contributed by atoms with E-state index in [-0.39, 0.29) is 6.29 Å². The third-order valence-corrected chi connectivity index (χ3v) is 3.71. The zero-order valence-corrected chi connectivity index (χ0v) is 12.4. The summed E-state index contributed by atoms with van der Waals surface area (Å²) < 4.78 is 10.8. The molecule has 2 rings (SSSR count). The monoisotopic (exact) mass is 293 g/mol. The first-order chi connectivity index (χ1) is 10.2. The molecule has 1 aromatic rings.